The highest BCUT2D eigenvalue weighted by molar-refractivity contribution is 5.94. The van der Waals surface area contributed by atoms with Gasteiger partial charge < -0.3 is 5.32 Å². The van der Waals surface area contributed by atoms with E-state index in [9.17, 15) is 9.18 Å². The fraction of sp³-hybridized carbons (Fsp3) is 0.455. The van der Waals surface area contributed by atoms with Gasteiger partial charge in [-0.25, -0.2) is 4.98 Å². The van der Waals surface area contributed by atoms with Gasteiger partial charge in [0.1, 0.15) is 0 Å². The van der Waals surface area contributed by atoms with Crippen molar-refractivity contribution in [1.82, 2.24) is 10.3 Å². The first kappa shape index (κ1) is 11.6. The summed E-state index contributed by atoms with van der Waals surface area (Å²) >= 11 is 0. The minimum Gasteiger partial charge on any atom is -0.349 e. The smallest absolute Gasteiger partial charge is 0.256 e. The second-order valence-electron chi connectivity index (χ2n) is 3.85. The molecule has 0 aliphatic heterocycles. The molecule has 0 aromatic carbocycles. The predicted molar refractivity (Wildman–Crippen MR) is 56.0 cm³/mol. The van der Waals surface area contributed by atoms with Gasteiger partial charge in [-0.1, -0.05) is 13.8 Å². The molecule has 1 atom stereocenters. The molecule has 0 aliphatic rings. The van der Waals surface area contributed by atoms with E-state index in [4.69, 9.17) is 0 Å². The predicted octanol–water partition coefficient (Wildman–Crippen LogP) is 2.00. The Balaban J connectivity index is 2.74. The van der Waals surface area contributed by atoms with Crippen LogP contribution in [0.2, 0.25) is 0 Å². The number of nitrogens with one attached hydrogen (secondary N) is 1. The van der Waals surface area contributed by atoms with Gasteiger partial charge in [-0.2, -0.15) is 4.39 Å². The highest BCUT2D eigenvalue weighted by atomic mass is 19.1. The Hall–Kier alpha value is -1.45. The zero-order valence-corrected chi connectivity index (χ0v) is 9.12. The average molecular weight is 210 g/mol. The van der Waals surface area contributed by atoms with E-state index >= 15 is 0 Å². The van der Waals surface area contributed by atoms with Crippen LogP contribution in [-0.2, 0) is 0 Å². The number of nitrogens with zero attached hydrogens (tertiary/aromatic N) is 1. The number of hydrogen-bond acceptors (Lipinski definition) is 2. The Kier molecular flexibility index (Phi) is 3.77. The first-order chi connectivity index (χ1) is 7.02. The molecule has 0 bridgehead atoms. The quantitative estimate of drug-likeness (QED) is 0.775. The van der Waals surface area contributed by atoms with Crippen molar-refractivity contribution in [3.8, 4) is 0 Å². The molecule has 4 heteroatoms. The first-order valence-electron chi connectivity index (χ1n) is 4.93. The van der Waals surface area contributed by atoms with Crippen LogP contribution in [0.3, 0.4) is 0 Å². The van der Waals surface area contributed by atoms with Crippen LogP contribution in [0.25, 0.3) is 0 Å². The molecule has 1 aromatic heterocycles. The first-order valence-corrected chi connectivity index (χ1v) is 4.93. The average Bonchev–Trinajstić information content (AvgIpc) is 2.18. The van der Waals surface area contributed by atoms with Gasteiger partial charge in [0, 0.05) is 12.2 Å². The van der Waals surface area contributed by atoms with E-state index in [1.165, 1.54) is 18.3 Å². The van der Waals surface area contributed by atoms with Crippen LogP contribution < -0.4 is 5.32 Å². The van der Waals surface area contributed by atoms with E-state index in [-0.39, 0.29) is 11.6 Å². The molecule has 15 heavy (non-hydrogen) atoms. The normalized spacial score (nSPS) is 12.6. The lowest BCUT2D eigenvalue weighted by Gasteiger charge is -2.17. The zero-order chi connectivity index (χ0) is 11.4. The second kappa shape index (κ2) is 4.87. The summed E-state index contributed by atoms with van der Waals surface area (Å²) in [6.45, 7) is 5.87. The Bertz CT molecular complexity index is 352. The summed E-state index contributed by atoms with van der Waals surface area (Å²) in [5.74, 6) is -0.832. The van der Waals surface area contributed by atoms with Gasteiger partial charge in [0.15, 0.2) is 0 Å². The maximum Gasteiger partial charge on any atom is 0.256 e. The number of rotatable bonds is 3. The third kappa shape index (κ3) is 3.01. The van der Waals surface area contributed by atoms with Crippen LogP contribution in [0.4, 0.5) is 4.39 Å². The van der Waals surface area contributed by atoms with Crippen LogP contribution in [0.1, 0.15) is 31.1 Å². The van der Waals surface area contributed by atoms with Crippen LogP contribution in [-0.4, -0.2) is 16.9 Å². The van der Waals surface area contributed by atoms with Crippen molar-refractivity contribution in [3.05, 3.63) is 29.8 Å². The molecule has 0 fully saturated rings. The monoisotopic (exact) mass is 210 g/mol. The number of amides is 1. The fourth-order valence-electron chi connectivity index (χ4n) is 1.01. The highest BCUT2D eigenvalue weighted by Crippen LogP contribution is 2.05. The molecular weight excluding hydrogens is 195 g/mol. The molecule has 0 aliphatic carbocycles. The van der Waals surface area contributed by atoms with Crippen molar-refractivity contribution >= 4 is 5.91 Å². The fourth-order valence-corrected chi connectivity index (χ4v) is 1.01. The van der Waals surface area contributed by atoms with Crippen LogP contribution in [0, 0.1) is 11.9 Å². The minimum atomic E-state index is -0.731. The zero-order valence-electron chi connectivity index (χ0n) is 9.12. The molecule has 1 heterocycles. The second-order valence-corrected chi connectivity index (χ2v) is 3.85. The maximum atomic E-state index is 13.1. The van der Waals surface area contributed by atoms with Crippen LogP contribution >= 0.6 is 0 Å². The van der Waals surface area contributed by atoms with E-state index in [2.05, 4.69) is 10.3 Å². The summed E-state index contributed by atoms with van der Waals surface area (Å²) in [6, 6.07) is 2.97. The Morgan fingerprint density at radius 2 is 2.13 bits per heavy atom. The third-order valence-electron chi connectivity index (χ3n) is 2.36. The molecule has 0 saturated heterocycles. The summed E-state index contributed by atoms with van der Waals surface area (Å²) in [4.78, 5) is 15.0. The molecule has 3 nitrogen and oxygen atoms in total. The Labute approximate surface area is 88.7 Å². The van der Waals surface area contributed by atoms with Crippen molar-refractivity contribution in [3.63, 3.8) is 0 Å². The summed E-state index contributed by atoms with van der Waals surface area (Å²) in [5.41, 5.74) is -0.00926. The van der Waals surface area contributed by atoms with Crippen LogP contribution in [0.15, 0.2) is 18.3 Å². The maximum absolute atomic E-state index is 13.1. The van der Waals surface area contributed by atoms with E-state index in [0.717, 1.165) is 0 Å². The molecule has 1 unspecified atom stereocenters. The van der Waals surface area contributed by atoms with Gasteiger partial charge in [-0.05, 0) is 25.0 Å². The number of pyridine rings is 1. The SMILES string of the molecule is CC(C)C(C)NC(=O)c1cccnc1F. The lowest BCUT2D eigenvalue weighted by Crippen LogP contribution is -2.36. The summed E-state index contributed by atoms with van der Waals surface area (Å²) in [7, 11) is 0. The number of halogens is 1. The van der Waals surface area contributed by atoms with Gasteiger partial charge in [0.2, 0.25) is 5.95 Å². The largest absolute Gasteiger partial charge is 0.349 e. The number of hydrogen-bond donors (Lipinski definition) is 1. The van der Waals surface area contributed by atoms with Crippen LogP contribution in [0.5, 0.6) is 0 Å². The molecule has 82 valence electrons. The lowest BCUT2D eigenvalue weighted by atomic mass is 10.1. The Morgan fingerprint density at radius 3 is 2.67 bits per heavy atom. The topological polar surface area (TPSA) is 42.0 Å². The number of carbonyl (C=O) groups excluding carboxylic acids is 1. The third-order valence-corrected chi connectivity index (χ3v) is 2.36. The van der Waals surface area contributed by atoms with Crippen molar-refractivity contribution in [2.75, 3.05) is 0 Å². The van der Waals surface area contributed by atoms with E-state index in [1.54, 1.807) is 0 Å². The van der Waals surface area contributed by atoms with E-state index < -0.39 is 11.9 Å². The summed E-state index contributed by atoms with van der Waals surface area (Å²) in [6.07, 6.45) is 1.32. The molecule has 1 amide bonds. The van der Waals surface area contributed by atoms with Crippen molar-refractivity contribution < 1.29 is 9.18 Å². The minimum absolute atomic E-state index is 0.00926. The molecule has 0 radical (unpaired) electrons. The van der Waals surface area contributed by atoms with Gasteiger partial charge in [-0.3, -0.25) is 4.79 Å². The molecule has 0 spiro atoms. The highest BCUT2D eigenvalue weighted by Gasteiger charge is 2.15. The molecule has 1 aromatic rings. The van der Waals surface area contributed by atoms with E-state index in [1.807, 2.05) is 20.8 Å². The van der Waals surface area contributed by atoms with Crippen molar-refractivity contribution in [2.24, 2.45) is 5.92 Å². The number of carbonyl (C=O) groups is 1. The number of aromatic nitrogens is 1. The Morgan fingerprint density at radius 1 is 1.47 bits per heavy atom. The van der Waals surface area contributed by atoms with Crippen molar-refractivity contribution in [2.45, 2.75) is 26.8 Å². The summed E-state index contributed by atoms with van der Waals surface area (Å²) < 4.78 is 13.1. The molecular formula is C11H15FN2O. The van der Waals surface area contributed by atoms with Gasteiger partial charge in [0.05, 0.1) is 5.56 Å². The van der Waals surface area contributed by atoms with Gasteiger partial charge in [-0.15, -0.1) is 0 Å². The molecule has 0 saturated carbocycles. The molecule has 1 rings (SSSR count). The summed E-state index contributed by atoms with van der Waals surface area (Å²) in [5, 5.41) is 2.72. The van der Waals surface area contributed by atoms with Gasteiger partial charge >= 0.3 is 0 Å². The van der Waals surface area contributed by atoms with E-state index in [0.29, 0.717) is 5.92 Å². The van der Waals surface area contributed by atoms with Crippen molar-refractivity contribution in [1.29, 1.82) is 0 Å². The van der Waals surface area contributed by atoms with Gasteiger partial charge in [0.25, 0.3) is 5.91 Å². The standard InChI is InChI=1S/C11H15FN2O/c1-7(2)8(3)14-11(15)9-5-4-6-13-10(9)12/h4-8H,1-3H3,(H,14,15). The lowest BCUT2D eigenvalue weighted by molar-refractivity contribution is 0.0925. The molecule has 1 N–H and O–H groups in total.